The summed E-state index contributed by atoms with van der Waals surface area (Å²) in [4.78, 5) is 29.9. The Bertz CT molecular complexity index is 1110. The maximum atomic E-state index is 12.8. The number of aliphatic imine (C=N–C) groups is 1. The van der Waals surface area contributed by atoms with Gasteiger partial charge in [-0.2, -0.15) is 0 Å². The first-order chi connectivity index (χ1) is 16.4. The number of rotatable bonds is 9. The molecular formula is C22H27N5O5S2. The summed E-state index contributed by atoms with van der Waals surface area (Å²) in [5.41, 5.74) is 1.65. The number of esters is 1. The number of amidine groups is 1. The third kappa shape index (κ3) is 6.06. The minimum Gasteiger partial charge on any atom is -0.497 e. The number of nitrogens with one attached hydrogen (secondary N) is 2. The quantitative estimate of drug-likeness (QED) is 0.494. The molecule has 34 heavy (non-hydrogen) atoms. The summed E-state index contributed by atoms with van der Waals surface area (Å²) < 4.78 is 16.1. The van der Waals surface area contributed by atoms with E-state index in [4.69, 9.17) is 19.2 Å². The molecule has 0 spiro atoms. The van der Waals surface area contributed by atoms with E-state index in [-0.39, 0.29) is 18.3 Å². The molecule has 0 fully saturated rings. The molecule has 1 atom stereocenters. The Labute approximate surface area is 206 Å². The molecule has 0 unspecified atom stereocenters. The molecular weight excluding hydrogens is 478 g/mol. The number of aryl methyl sites for hydroxylation is 1. The van der Waals surface area contributed by atoms with Gasteiger partial charge in [0.1, 0.15) is 22.5 Å². The van der Waals surface area contributed by atoms with E-state index in [9.17, 15) is 9.59 Å². The molecule has 182 valence electrons. The molecule has 0 saturated carbocycles. The Kier molecular flexibility index (Phi) is 8.88. The highest BCUT2D eigenvalue weighted by Crippen LogP contribution is 2.39. The van der Waals surface area contributed by atoms with Crippen LogP contribution in [0, 0.1) is 0 Å². The minimum atomic E-state index is -0.679. The van der Waals surface area contributed by atoms with Gasteiger partial charge >= 0.3 is 5.97 Å². The summed E-state index contributed by atoms with van der Waals surface area (Å²) in [5.74, 6) is 0.538. The van der Waals surface area contributed by atoms with Crippen molar-refractivity contribution in [2.75, 3.05) is 31.9 Å². The Balaban J connectivity index is 1.84. The lowest BCUT2D eigenvalue weighted by Crippen LogP contribution is -2.31. The number of methoxy groups -OCH3 is 2. The second-order valence-corrected chi connectivity index (χ2v) is 9.05. The molecule has 0 saturated heterocycles. The number of anilines is 1. The standard InChI is InChI=1S/C22H27N5O5S2/c1-6-17-26-27-22(34-17)24-16(28)11-33-21-23-12(3)18(20(29)32-7-2)19(25-21)14-9-8-13(30-4)10-15(14)31-5/h8-10,19H,6-7,11H2,1-5H3,(H,23,25)(H,24,27,28)/t19-/m1/s1. The molecule has 3 rings (SSSR count). The van der Waals surface area contributed by atoms with Gasteiger partial charge in [-0.15, -0.1) is 10.2 Å². The van der Waals surface area contributed by atoms with Crippen molar-refractivity contribution in [2.45, 2.75) is 33.2 Å². The van der Waals surface area contributed by atoms with Crippen molar-refractivity contribution in [1.29, 1.82) is 0 Å². The Morgan fingerprint density at radius 2 is 2.00 bits per heavy atom. The third-order valence-corrected chi connectivity index (χ3v) is 6.67. The van der Waals surface area contributed by atoms with Crippen LogP contribution in [-0.4, -0.2) is 53.8 Å². The van der Waals surface area contributed by atoms with E-state index >= 15 is 0 Å². The van der Waals surface area contributed by atoms with Crippen LogP contribution in [0.1, 0.15) is 37.4 Å². The van der Waals surface area contributed by atoms with Gasteiger partial charge in [0.05, 0.1) is 32.2 Å². The number of hydrogen-bond donors (Lipinski definition) is 2. The molecule has 2 N–H and O–H groups in total. The third-order valence-electron chi connectivity index (χ3n) is 4.80. The number of benzene rings is 1. The SMILES string of the molecule is CCOC(=O)C1=C(C)NC(SCC(=O)Nc2nnc(CC)s2)=N[C@@H]1c1ccc(OC)cc1OC. The Hall–Kier alpha value is -3.12. The second kappa shape index (κ2) is 11.8. The van der Waals surface area contributed by atoms with Crippen molar-refractivity contribution < 1.29 is 23.8 Å². The fraction of sp³-hybridized carbons (Fsp3) is 0.409. The average Bonchev–Trinajstić information content (AvgIpc) is 3.29. The van der Waals surface area contributed by atoms with Gasteiger partial charge < -0.3 is 19.5 Å². The Morgan fingerprint density at radius 1 is 1.21 bits per heavy atom. The molecule has 1 aliphatic heterocycles. The predicted octanol–water partition coefficient (Wildman–Crippen LogP) is 3.33. The van der Waals surface area contributed by atoms with Gasteiger partial charge in [-0.25, -0.2) is 9.79 Å². The van der Waals surface area contributed by atoms with Gasteiger partial charge in [0.15, 0.2) is 5.17 Å². The van der Waals surface area contributed by atoms with Crippen molar-refractivity contribution >= 4 is 45.3 Å². The van der Waals surface area contributed by atoms with Crippen LogP contribution in [0.15, 0.2) is 34.5 Å². The monoisotopic (exact) mass is 505 g/mol. The molecule has 10 nitrogen and oxygen atoms in total. The summed E-state index contributed by atoms with van der Waals surface area (Å²) >= 11 is 2.56. The van der Waals surface area contributed by atoms with Crippen LogP contribution >= 0.6 is 23.1 Å². The zero-order chi connectivity index (χ0) is 24.7. The number of amides is 1. The van der Waals surface area contributed by atoms with Crippen LogP contribution in [-0.2, 0) is 20.7 Å². The maximum absolute atomic E-state index is 12.8. The van der Waals surface area contributed by atoms with Gasteiger partial charge in [-0.05, 0) is 32.4 Å². The molecule has 0 radical (unpaired) electrons. The predicted molar refractivity (Wildman–Crippen MR) is 133 cm³/mol. The fourth-order valence-corrected chi connectivity index (χ4v) is 4.64. The lowest BCUT2D eigenvalue weighted by molar-refractivity contribution is -0.139. The number of aromatic nitrogens is 2. The molecule has 1 aromatic heterocycles. The van der Waals surface area contributed by atoms with Gasteiger partial charge in [0.2, 0.25) is 11.0 Å². The van der Waals surface area contributed by atoms with Crippen molar-refractivity contribution in [1.82, 2.24) is 15.5 Å². The highest BCUT2D eigenvalue weighted by atomic mass is 32.2. The lowest BCUT2D eigenvalue weighted by atomic mass is 9.95. The zero-order valence-electron chi connectivity index (χ0n) is 19.6. The van der Waals surface area contributed by atoms with Crippen molar-refractivity contribution in [3.05, 3.63) is 40.0 Å². The minimum absolute atomic E-state index is 0.0986. The van der Waals surface area contributed by atoms with E-state index in [0.29, 0.717) is 38.6 Å². The largest absolute Gasteiger partial charge is 0.497 e. The number of ether oxygens (including phenoxy) is 3. The topological polar surface area (TPSA) is 124 Å². The van der Waals surface area contributed by atoms with Gasteiger partial charge in [-0.3, -0.25) is 10.1 Å². The summed E-state index contributed by atoms with van der Waals surface area (Å²) in [6.07, 6.45) is 0.758. The van der Waals surface area contributed by atoms with Crippen LogP contribution in [0.4, 0.5) is 5.13 Å². The van der Waals surface area contributed by atoms with E-state index in [1.165, 1.54) is 23.1 Å². The number of carbonyl (C=O) groups is 2. The molecule has 1 aromatic carbocycles. The molecule has 2 aromatic rings. The van der Waals surface area contributed by atoms with Crippen molar-refractivity contribution in [3.63, 3.8) is 0 Å². The second-order valence-electron chi connectivity index (χ2n) is 7.02. The molecule has 0 aliphatic carbocycles. The maximum Gasteiger partial charge on any atom is 0.338 e. The normalized spacial score (nSPS) is 15.3. The average molecular weight is 506 g/mol. The van der Waals surface area contributed by atoms with E-state index in [2.05, 4.69) is 20.8 Å². The number of carbonyl (C=O) groups excluding carboxylic acids is 2. The first kappa shape index (κ1) is 25.5. The van der Waals surface area contributed by atoms with Gasteiger partial charge in [0.25, 0.3) is 0 Å². The molecule has 12 heteroatoms. The highest BCUT2D eigenvalue weighted by molar-refractivity contribution is 8.14. The first-order valence-electron chi connectivity index (χ1n) is 10.6. The number of thioether (sulfide) groups is 1. The van der Waals surface area contributed by atoms with Crippen LogP contribution in [0.5, 0.6) is 11.5 Å². The highest BCUT2D eigenvalue weighted by Gasteiger charge is 2.32. The summed E-state index contributed by atoms with van der Waals surface area (Å²) in [5, 5.41) is 15.6. The van der Waals surface area contributed by atoms with Crippen LogP contribution < -0.4 is 20.1 Å². The van der Waals surface area contributed by atoms with Crippen LogP contribution in [0.25, 0.3) is 0 Å². The fourth-order valence-electron chi connectivity index (χ4n) is 3.20. The van der Waals surface area contributed by atoms with E-state index in [1.807, 2.05) is 6.92 Å². The smallest absolute Gasteiger partial charge is 0.338 e. The zero-order valence-corrected chi connectivity index (χ0v) is 21.3. The summed E-state index contributed by atoms with van der Waals surface area (Å²) in [7, 11) is 3.11. The van der Waals surface area contributed by atoms with Gasteiger partial charge in [-0.1, -0.05) is 30.0 Å². The summed E-state index contributed by atoms with van der Waals surface area (Å²) in [6, 6.07) is 4.64. The molecule has 1 aliphatic rings. The molecule has 0 bridgehead atoms. The van der Waals surface area contributed by atoms with Gasteiger partial charge in [0, 0.05) is 17.3 Å². The first-order valence-corrected chi connectivity index (χ1v) is 12.4. The Morgan fingerprint density at radius 3 is 2.65 bits per heavy atom. The number of nitrogens with zero attached hydrogens (tertiary/aromatic N) is 3. The van der Waals surface area contributed by atoms with Crippen LogP contribution in [0.3, 0.4) is 0 Å². The van der Waals surface area contributed by atoms with Crippen LogP contribution in [0.2, 0.25) is 0 Å². The molecule has 2 heterocycles. The van der Waals surface area contributed by atoms with Crippen molar-refractivity contribution in [2.24, 2.45) is 4.99 Å². The number of hydrogen-bond acceptors (Lipinski definition) is 11. The molecule has 1 amide bonds. The summed E-state index contributed by atoms with van der Waals surface area (Å²) in [6.45, 7) is 5.73. The van der Waals surface area contributed by atoms with Crippen molar-refractivity contribution in [3.8, 4) is 11.5 Å². The number of allylic oxidation sites excluding steroid dienone is 1. The van der Waals surface area contributed by atoms with E-state index in [1.54, 1.807) is 46.3 Å². The lowest BCUT2D eigenvalue weighted by Gasteiger charge is -2.26. The van der Waals surface area contributed by atoms with E-state index < -0.39 is 12.0 Å². The van der Waals surface area contributed by atoms with E-state index in [0.717, 1.165) is 11.4 Å².